The summed E-state index contributed by atoms with van der Waals surface area (Å²) in [6.45, 7) is 15.4. The van der Waals surface area contributed by atoms with Crippen LogP contribution in [0.2, 0.25) is 0 Å². The van der Waals surface area contributed by atoms with Crippen molar-refractivity contribution in [3.8, 4) is 28.4 Å². The molecular weight excluding hydrogens is 887 g/mol. The molecule has 9 rings (SSSR count). The first-order valence-electron chi connectivity index (χ1n) is 19.0. The minimum Gasteiger partial charge on any atom is -0.509 e. The van der Waals surface area contributed by atoms with Gasteiger partial charge in [0.25, 0.3) is 0 Å². The first-order valence-corrected chi connectivity index (χ1v) is 19.0. The van der Waals surface area contributed by atoms with E-state index >= 15 is 0 Å². The van der Waals surface area contributed by atoms with E-state index in [0.717, 1.165) is 67.1 Å². The van der Waals surface area contributed by atoms with E-state index < -0.39 is 0 Å². The fraction of sp³-hybridized carbons (Fsp3) is 0.160. The van der Waals surface area contributed by atoms with Crippen molar-refractivity contribution < 1.29 is 30.2 Å². The van der Waals surface area contributed by atoms with Crippen LogP contribution in [0.5, 0.6) is 11.5 Å². The predicted octanol–water partition coefficient (Wildman–Crippen LogP) is 13.4. The molecule has 1 aliphatic heterocycles. The van der Waals surface area contributed by atoms with E-state index in [2.05, 4.69) is 160 Å². The Labute approximate surface area is 348 Å². The smallest absolute Gasteiger partial charge is 0.135 e. The first kappa shape index (κ1) is 38.2. The van der Waals surface area contributed by atoms with Gasteiger partial charge in [-0.25, -0.2) is 9.37 Å². The molecule has 0 radical (unpaired) electrons. The van der Waals surface area contributed by atoms with Gasteiger partial charge in [0, 0.05) is 66.9 Å². The summed E-state index contributed by atoms with van der Waals surface area (Å²) < 4.78 is 22.9. The van der Waals surface area contributed by atoms with Crippen molar-refractivity contribution in [2.45, 2.75) is 52.4 Å². The Morgan fingerprint density at radius 3 is 2.02 bits per heavy atom. The molecule has 0 spiro atoms. The number of ether oxygens (including phenoxy) is 1. The van der Waals surface area contributed by atoms with Crippen molar-refractivity contribution in [3.05, 3.63) is 175 Å². The van der Waals surface area contributed by atoms with Crippen LogP contribution in [0.15, 0.2) is 140 Å². The first-order chi connectivity index (χ1) is 26.9. The maximum absolute atomic E-state index is 13.9. The zero-order chi connectivity index (χ0) is 38.8. The molecule has 7 heteroatoms. The number of hydrogen-bond donors (Lipinski definition) is 0. The fourth-order valence-corrected chi connectivity index (χ4v) is 7.50. The largest absolute Gasteiger partial charge is 0.509 e. The van der Waals surface area contributed by atoms with Gasteiger partial charge in [0.1, 0.15) is 11.6 Å². The summed E-state index contributed by atoms with van der Waals surface area (Å²) in [7, 11) is 0. The molecule has 6 aromatic carbocycles. The minimum atomic E-state index is -0.259. The third-order valence-electron chi connectivity index (χ3n) is 10.5. The molecule has 3 heterocycles. The van der Waals surface area contributed by atoms with Crippen molar-refractivity contribution in [2.24, 2.45) is 0 Å². The van der Waals surface area contributed by atoms with Crippen molar-refractivity contribution in [1.82, 2.24) is 9.55 Å². The molecule has 57 heavy (non-hydrogen) atoms. The molecule has 0 unspecified atom stereocenters. The second-order valence-corrected chi connectivity index (χ2v) is 16.4. The fourth-order valence-electron chi connectivity index (χ4n) is 7.50. The van der Waals surface area contributed by atoms with E-state index in [1.54, 1.807) is 0 Å². The summed E-state index contributed by atoms with van der Waals surface area (Å²) in [5, 5.41) is 2.21. The summed E-state index contributed by atoms with van der Waals surface area (Å²) in [5.74, 6) is 1.76. The topological polar surface area (TPSA) is 33.5 Å². The third-order valence-corrected chi connectivity index (χ3v) is 10.5. The van der Waals surface area contributed by atoms with Gasteiger partial charge in [-0.05, 0) is 75.9 Å². The van der Waals surface area contributed by atoms with Crippen LogP contribution in [0.1, 0.15) is 52.7 Å². The maximum Gasteiger partial charge on any atom is 0.135 e. The number of rotatable bonds is 6. The Kier molecular flexibility index (Phi) is 9.82. The van der Waals surface area contributed by atoms with Crippen molar-refractivity contribution in [3.63, 3.8) is 0 Å². The molecule has 0 atom stereocenters. The Hall–Kier alpha value is -5.71. The Balaban J connectivity index is 0.00000455. The maximum atomic E-state index is 13.9. The van der Waals surface area contributed by atoms with E-state index in [1.165, 1.54) is 17.7 Å². The molecule has 288 valence electrons. The van der Waals surface area contributed by atoms with Gasteiger partial charge in [-0.1, -0.05) is 108 Å². The summed E-state index contributed by atoms with van der Waals surface area (Å²) in [4.78, 5) is 9.20. The quantitative estimate of drug-likeness (QED) is 0.156. The number of fused-ring (bicyclic) bond motifs is 4. The molecule has 0 aliphatic carbocycles. The summed E-state index contributed by atoms with van der Waals surface area (Å²) in [6, 6.07) is 51.5. The van der Waals surface area contributed by atoms with Gasteiger partial charge >= 0.3 is 0 Å². The van der Waals surface area contributed by atoms with Gasteiger partial charge in [0.15, 0.2) is 0 Å². The Morgan fingerprint density at radius 1 is 0.614 bits per heavy atom. The number of para-hydroxylation sites is 4. The van der Waals surface area contributed by atoms with Crippen molar-refractivity contribution in [1.29, 1.82) is 0 Å². The van der Waals surface area contributed by atoms with Crippen LogP contribution in [-0.2, 0) is 31.9 Å². The number of halogens is 1. The zero-order valence-electron chi connectivity index (χ0n) is 32.7. The molecule has 5 nitrogen and oxygen atoms in total. The van der Waals surface area contributed by atoms with Gasteiger partial charge in [0.05, 0.1) is 0 Å². The summed E-state index contributed by atoms with van der Waals surface area (Å²) >= 11 is 0. The minimum absolute atomic E-state index is 0. The second-order valence-electron chi connectivity index (χ2n) is 16.4. The zero-order valence-corrected chi connectivity index (χ0v) is 35.0. The molecular formula is C50H42FN4OPt-3. The van der Waals surface area contributed by atoms with Gasteiger partial charge in [-0.15, -0.1) is 53.6 Å². The Bertz CT molecular complexity index is 2760. The molecule has 0 bridgehead atoms. The molecule has 0 saturated heterocycles. The van der Waals surface area contributed by atoms with E-state index in [-0.39, 0.29) is 37.7 Å². The number of hydrogen-bond acceptors (Lipinski definition) is 4. The molecule has 0 amide bonds. The van der Waals surface area contributed by atoms with Crippen molar-refractivity contribution >= 4 is 44.6 Å². The van der Waals surface area contributed by atoms with E-state index in [9.17, 15) is 4.39 Å². The number of nitrogens with zero attached hydrogens (tertiary/aromatic N) is 4. The number of pyridine rings is 1. The SMILES string of the molecule is CC(C)(C)c1cc(Oc2[c-]c3c(cc2)c2ccccc2n3-c2cc(C(C)(C)C)ccn2)[c-]c(N2[CH-]N(c3ccccc3-c3ccc(F)cc3)c3ccccc32)c1.[Pt]. The Morgan fingerprint density at radius 2 is 1.28 bits per heavy atom. The molecule has 0 fully saturated rings. The van der Waals surface area contributed by atoms with Gasteiger partial charge in [0.2, 0.25) is 0 Å². The van der Waals surface area contributed by atoms with E-state index in [1.807, 2.05) is 42.6 Å². The van der Waals surface area contributed by atoms with E-state index in [0.29, 0.717) is 11.5 Å². The van der Waals surface area contributed by atoms with Gasteiger partial charge in [-0.3, -0.25) is 0 Å². The normalized spacial score (nSPS) is 12.9. The predicted molar refractivity (Wildman–Crippen MR) is 227 cm³/mol. The van der Waals surface area contributed by atoms with Crippen molar-refractivity contribution in [2.75, 3.05) is 9.80 Å². The molecule has 8 aromatic rings. The van der Waals surface area contributed by atoms with Crippen LogP contribution in [0.25, 0.3) is 38.8 Å². The van der Waals surface area contributed by atoms with Gasteiger partial charge < -0.3 is 19.1 Å². The number of benzene rings is 6. The second kappa shape index (κ2) is 14.7. The standard InChI is InChI=1S/C50H42FN4O.Pt/c1-49(2,3)34-25-26-52-48(29-34)55-44-16-10-8-14-41(44)42-24-23-38(31-47(42)55)56-39-28-35(50(4,5)6)27-37(30-39)53-32-54(46-18-12-11-17-45(46)53)43-15-9-7-13-40(43)33-19-21-36(51)22-20-33;/h7-29,32H,1-6H3;/q-3;. The number of anilines is 4. The molecule has 0 N–H and O–H groups in total. The monoisotopic (exact) mass is 928 g/mol. The molecule has 2 aromatic heterocycles. The average Bonchev–Trinajstić information content (AvgIpc) is 3.74. The number of aromatic nitrogens is 2. The summed E-state index contributed by atoms with van der Waals surface area (Å²) in [5.41, 5.74) is 9.86. The van der Waals surface area contributed by atoms with Crippen LogP contribution in [0.4, 0.5) is 27.1 Å². The van der Waals surface area contributed by atoms with Crippen LogP contribution < -0.4 is 14.5 Å². The van der Waals surface area contributed by atoms with Crippen LogP contribution >= 0.6 is 0 Å². The van der Waals surface area contributed by atoms with Gasteiger partial charge in [-0.2, -0.15) is 6.07 Å². The third kappa shape index (κ3) is 7.12. The average molecular weight is 929 g/mol. The van der Waals surface area contributed by atoms with Crippen LogP contribution in [0, 0.1) is 24.6 Å². The van der Waals surface area contributed by atoms with Crippen LogP contribution in [-0.4, -0.2) is 9.55 Å². The van der Waals surface area contributed by atoms with Crippen LogP contribution in [0.3, 0.4) is 0 Å². The van der Waals surface area contributed by atoms with E-state index in [4.69, 9.17) is 9.72 Å². The molecule has 1 aliphatic rings. The summed E-state index contributed by atoms with van der Waals surface area (Å²) in [6.07, 6.45) is 1.89. The molecule has 0 saturated carbocycles.